The molecule has 2 rings (SSSR count). The second-order valence-electron chi connectivity index (χ2n) is 3.33. The largest absolute Gasteiger partial charge is 0.450 e. The zero-order valence-corrected chi connectivity index (χ0v) is 9.64. The molecule has 2 nitrogen and oxygen atoms in total. The second-order valence-corrected chi connectivity index (χ2v) is 4.60. The van der Waals surface area contributed by atoms with E-state index in [1.54, 1.807) is 18.2 Å². The Kier molecular flexibility index (Phi) is 3.29. The van der Waals surface area contributed by atoms with Gasteiger partial charge in [-0.2, -0.15) is 11.8 Å². The minimum Gasteiger partial charge on any atom is -0.450 e. The highest BCUT2D eigenvalue weighted by atomic mass is 32.2. The minimum atomic E-state index is -0.431. The molecule has 0 aliphatic rings. The lowest BCUT2D eigenvalue weighted by Gasteiger charge is -1.94. The number of fused-ring (bicyclic) bond motifs is 1. The maximum absolute atomic E-state index is 13.3. The fraction of sp³-hybridized carbons (Fsp3) is 0.250. The highest BCUT2D eigenvalue weighted by Gasteiger charge is 2.13. The van der Waals surface area contributed by atoms with Crippen LogP contribution in [0, 0.1) is 5.82 Å². The van der Waals surface area contributed by atoms with Gasteiger partial charge in [0.25, 0.3) is 0 Å². The number of hydrogen-bond donors (Lipinski definition) is 0. The summed E-state index contributed by atoms with van der Waals surface area (Å²) in [5, 5.41) is 0.629. The van der Waals surface area contributed by atoms with Crippen LogP contribution in [0.25, 0.3) is 11.0 Å². The van der Waals surface area contributed by atoms with Crippen molar-refractivity contribution >= 4 is 28.5 Å². The monoisotopic (exact) mass is 238 g/mol. The summed E-state index contributed by atoms with van der Waals surface area (Å²) in [6.45, 7) is 1.98. The molecule has 0 saturated carbocycles. The number of carbonyl (C=O) groups excluding carboxylic acids is 1. The number of benzene rings is 1. The molecule has 0 radical (unpaired) electrons. The molecule has 0 atom stereocenters. The fourth-order valence-corrected chi connectivity index (χ4v) is 1.96. The molecule has 0 bridgehead atoms. The summed E-state index contributed by atoms with van der Waals surface area (Å²) in [6, 6.07) is 6.24. The zero-order chi connectivity index (χ0) is 11.5. The lowest BCUT2D eigenvalue weighted by Crippen LogP contribution is -2.00. The fourth-order valence-electron chi connectivity index (χ4n) is 1.43. The quantitative estimate of drug-likeness (QED) is 0.763. The number of furan rings is 1. The van der Waals surface area contributed by atoms with Gasteiger partial charge < -0.3 is 4.42 Å². The van der Waals surface area contributed by atoms with Crippen molar-refractivity contribution in [2.45, 2.75) is 6.92 Å². The van der Waals surface area contributed by atoms with Gasteiger partial charge >= 0.3 is 0 Å². The number of rotatable bonds is 4. The molecule has 0 saturated heterocycles. The number of halogens is 1. The van der Waals surface area contributed by atoms with Crippen molar-refractivity contribution in [1.82, 2.24) is 0 Å². The summed E-state index contributed by atoms with van der Waals surface area (Å²) in [5.74, 6) is 0.960. The molecule has 0 N–H and O–H groups in total. The third kappa shape index (κ3) is 2.11. The zero-order valence-electron chi connectivity index (χ0n) is 8.83. The van der Waals surface area contributed by atoms with Crippen LogP contribution in [0.5, 0.6) is 0 Å². The molecule has 0 fully saturated rings. The molecule has 0 aliphatic heterocycles. The average Bonchev–Trinajstić information content (AvgIpc) is 2.71. The van der Waals surface area contributed by atoms with Crippen LogP contribution in [0.1, 0.15) is 17.5 Å². The summed E-state index contributed by atoms with van der Waals surface area (Å²) in [6.07, 6.45) is 0. The Bertz CT molecular complexity index is 519. The number of Topliss-reactive ketones (excluding diaryl/α,β-unsaturated/α-hetero) is 1. The van der Waals surface area contributed by atoms with Crippen molar-refractivity contribution in [3.8, 4) is 0 Å². The molecule has 0 unspecified atom stereocenters. The summed E-state index contributed by atoms with van der Waals surface area (Å²) in [4.78, 5) is 11.6. The maximum Gasteiger partial charge on any atom is 0.207 e. The first-order valence-corrected chi connectivity index (χ1v) is 6.17. The average molecular weight is 238 g/mol. The summed E-state index contributed by atoms with van der Waals surface area (Å²) in [7, 11) is 0. The van der Waals surface area contributed by atoms with Crippen LogP contribution in [0.2, 0.25) is 0 Å². The molecule has 1 heterocycles. The van der Waals surface area contributed by atoms with E-state index in [-0.39, 0.29) is 17.1 Å². The Morgan fingerprint density at radius 2 is 2.31 bits per heavy atom. The van der Waals surface area contributed by atoms with E-state index in [4.69, 9.17) is 4.42 Å². The van der Waals surface area contributed by atoms with Crippen LogP contribution in [0.4, 0.5) is 4.39 Å². The Labute approximate surface area is 96.8 Å². The first-order chi connectivity index (χ1) is 7.72. The van der Waals surface area contributed by atoms with Gasteiger partial charge in [0.2, 0.25) is 5.78 Å². The standard InChI is InChI=1S/C12H11FO2S/c1-2-16-7-10(14)11-6-8-4-3-5-9(13)12(8)15-11/h3-6H,2,7H2,1H3. The topological polar surface area (TPSA) is 30.2 Å². The molecule has 1 aromatic heterocycles. The number of ketones is 1. The molecule has 16 heavy (non-hydrogen) atoms. The van der Waals surface area contributed by atoms with E-state index in [1.165, 1.54) is 17.8 Å². The van der Waals surface area contributed by atoms with Gasteiger partial charge in [-0.25, -0.2) is 4.39 Å². The highest BCUT2D eigenvalue weighted by molar-refractivity contribution is 7.99. The SMILES string of the molecule is CCSCC(=O)c1cc2cccc(F)c2o1. The van der Waals surface area contributed by atoms with Gasteiger partial charge in [0.15, 0.2) is 17.2 Å². The van der Waals surface area contributed by atoms with E-state index in [2.05, 4.69) is 0 Å². The molecule has 2 aromatic rings. The summed E-state index contributed by atoms with van der Waals surface area (Å²) >= 11 is 1.52. The normalized spacial score (nSPS) is 10.9. The van der Waals surface area contributed by atoms with Crippen LogP contribution in [0.3, 0.4) is 0 Å². The van der Waals surface area contributed by atoms with Crippen LogP contribution in [-0.4, -0.2) is 17.3 Å². The lowest BCUT2D eigenvalue weighted by atomic mass is 10.2. The molecule has 0 spiro atoms. The Hall–Kier alpha value is -1.29. The predicted octanol–water partition coefficient (Wildman–Crippen LogP) is 3.51. The van der Waals surface area contributed by atoms with Crippen molar-refractivity contribution in [2.75, 3.05) is 11.5 Å². The van der Waals surface area contributed by atoms with Gasteiger partial charge in [0, 0.05) is 5.39 Å². The molecule has 0 amide bonds. The van der Waals surface area contributed by atoms with Gasteiger partial charge in [-0.15, -0.1) is 0 Å². The Morgan fingerprint density at radius 3 is 3.00 bits per heavy atom. The van der Waals surface area contributed by atoms with Crippen molar-refractivity contribution in [3.05, 3.63) is 35.8 Å². The molecule has 1 aromatic carbocycles. The van der Waals surface area contributed by atoms with Gasteiger partial charge in [-0.05, 0) is 17.9 Å². The predicted molar refractivity (Wildman–Crippen MR) is 63.5 cm³/mol. The van der Waals surface area contributed by atoms with E-state index in [0.29, 0.717) is 11.1 Å². The molecule has 0 aliphatic carbocycles. The van der Waals surface area contributed by atoms with Gasteiger partial charge in [0.1, 0.15) is 0 Å². The van der Waals surface area contributed by atoms with E-state index < -0.39 is 5.82 Å². The van der Waals surface area contributed by atoms with E-state index in [0.717, 1.165) is 5.75 Å². The summed E-state index contributed by atoms with van der Waals surface area (Å²) < 4.78 is 18.5. The van der Waals surface area contributed by atoms with Crippen molar-refractivity contribution in [2.24, 2.45) is 0 Å². The first-order valence-electron chi connectivity index (χ1n) is 5.01. The second kappa shape index (κ2) is 4.70. The first kappa shape index (κ1) is 11.2. The van der Waals surface area contributed by atoms with Crippen molar-refractivity contribution in [1.29, 1.82) is 0 Å². The number of hydrogen-bond acceptors (Lipinski definition) is 3. The number of carbonyl (C=O) groups is 1. The van der Waals surface area contributed by atoms with E-state index >= 15 is 0 Å². The summed E-state index contributed by atoms with van der Waals surface area (Å²) in [5.41, 5.74) is 0.160. The molecule has 84 valence electrons. The van der Waals surface area contributed by atoms with Crippen molar-refractivity contribution in [3.63, 3.8) is 0 Å². The van der Waals surface area contributed by atoms with E-state index in [9.17, 15) is 9.18 Å². The van der Waals surface area contributed by atoms with Crippen LogP contribution >= 0.6 is 11.8 Å². The third-order valence-electron chi connectivity index (χ3n) is 2.21. The van der Waals surface area contributed by atoms with Gasteiger partial charge in [-0.1, -0.05) is 19.1 Å². The molecular weight excluding hydrogens is 227 g/mol. The molecular formula is C12H11FO2S. The van der Waals surface area contributed by atoms with Gasteiger partial charge in [0.05, 0.1) is 5.75 Å². The highest BCUT2D eigenvalue weighted by Crippen LogP contribution is 2.22. The minimum absolute atomic E-state index is 0.0950. The smallest absolute Gasteiger partial charge is 0.207 e. The lowest BCUT2D eigenvalue weighted by molar-refractivity contribution is 0.0994. The number of para-hydroxylation sites is 1. The van der Waals surface area contributed by atoms with Crippen LogP contribution in [-0.2, 0) is 0 Å². The van der Waals surface area contributed by atoms with Crippen LogP contribution < -0.4 is 0 Å². The molecule has 4 heteroatoms. The third-order valence-corrected chi connectivity index (χ3v) is 3.08. The number of thioether (sulfide) groups is 1. The van der Waals surface area contributed by atoms with E-state index in [1.807, 2.05) is 6.92 Å². The van der Waals surface area contributed by atoms with Crippen molar-refractivity contribution < 1.29 is 13.6 Å². The maximum atomic E-state index is 13.3. The van der Waals surface area contributed by atoms with Crippen LogP contribution in [0.15, 0.2) is 28.7 Å². The Morgan fingerprint density at radius 1 is 1.50 bits per heavy atom. The Balaban J connectivity index is 2.32. The van der Waals surface area contributed by atoms with Gasteiger partial charge in [-0.3, -0.25) is 4.79 Å².